The van der Waals surface area contributed by atoms with Gasteiger partial charge >= 0.3 is 0 Å². The molecule has 2 aromatic rings. The van der Waals surface area contributed by atoms with Crippen LogP contribution < -0.4 is 14.2 Å². The molecule has 2 aliphatic rings. The quantitative estimate of drug-likeness (QED) is 0.705. The van der Waals surface area contributed by atoms with Gasteiger partial charge in [0.15, 0.2) is 5.76 Å². The standard InChI is InChI=1S/C23H25NO4/c1-26-18-7-5-6-17(14-18)15-22-23(25)20-9-8-19(16-21(20)28-22)27-13-12-24-10-3-2-4-11-24/h5-9,14-16H,2-4,10-13H2,1H3/b22-15-. The second kappa shape index (κ2) is 8.48. The molecule has 0 N–H and O–H groups in total. The SMILES string of the molecule is COc1cccc(/C=C2\Oc3cc(OCCN4CCCCC4)ccc3C2=O)c1. The molecule has 5 heteroatoms. The van der Waals surface area contributed by atoms with Gasteiger partial charge in [-0.1, -0.05) is 18.6 Å². The summed E-state index contributed by atoms with van der Waals surface area (Å²) in [7, 11) is 1.62. The van der Waals surface area contributed by atoms with E-state index in [1.54, 1.807) is 25.3 Å². The Balaban J connectivity index is 1.41. The van der Waals surface area contributed by atoms with Crippen molar-refractivity contribution < 1.29 is 19.0 Å². The number of carbonyl (C=O) groups is 1. The van der Waals surface area contributed by atoms with Gasteiger partial charge < -0.3 is 14.2 Å². The minimum Gasteiger partial charge on any atom is -0.497 e. The average molecular weight is 379 g/mol. The van der Waals surface area contributed by atoms with Crippen LogP contribution in [0.15, 0.2) is 48.2 Å². The maximum absolute atomic E-state index is 12.6. The maximum Gasteiger partial charge on any atom is 0.231 e. The summed E-state index contributed by atoms with van der Waals surface area (Å²) in [6, 6.07) is 12.9. The largest absolute Gasteiger partial charge is 0.497 e. The number of hydrogen-bond acceptors (Lipinski definition) is 5. The molecule has 0 bridgehead atoms. The summed E-state index contributed by atoms with van der Waals surface area (Å²) in [5.74, 6) is 2.22. The molecule has 0 unspecified atom stereocenters. The van der Waals surface area contributed by atoms with Crippen molar-refractivity contribution in [1.82, 2.24) is 4.90 Å². The molecule has 5 nitrogen and oxygen atoms in total. The molecule has 2 aliphatic heterocycles. The second-order valence-electron chi connectivity index (χ2n) is 7.13. The molecule has 4 rings (SSSR count). The third-order valence-electron chi connectivity index (χ3n) is 5.16. The zero-order chi connectivity index (χ0) is 19.3. The van der Waals surface area contributed by atoms with Crippen LogP contribution >= 0.6 is 0 Å². The van der Waals surface area contributed by atoms with E-state index in [2.05, 4.69) is 4.90 Å². The number of ether oxygens (including phenoxy) is 3. The van der Waals surface area contributed by atoms with Gasteiger partial charge in [-0.25, -0.2) is 0 Å². The number of benzene rings is 2. The molecular formula is C23H25NO4. The number of piperidine rings is 1. The Morgan fingerprint density at radius 1 is 1.07 bits per heavy atom. The van der Waals surface area contributed by atoms with Crippen LogP contribution in [-0.4, -0.2) is 44.0 Å². The second-order valence-corrected chi connectivity index (χ2v) is 7.13. The van der Waals surface area contributed by atoms with Gasteiger partial charge in [0.05, 0.1) is 12.7 Å². The Morgan fingerprint density at radius 2 is 1.93 bits per heavy atom. The van der Waals surface area contributed by atoms with Crippen molar-refractivity contribution in [1.29, 1.82) is 0 Å². The van der Waals surface area contributed by atoms with E-state index in [0.717, 1.165) is 36.7 Å². The summed E-state index contributed by atoms with van der Waals surface area (Å²) < 4.78 is 16.9. The van der Waals surface area contributed by atoms with E-state index < -0.39 is 0 Å². The third-order valence-corrected chi connectivity index (χ3v) is 5.16. The van der Waals surface area contributed by atoms with Crippen LogP contribution in [0.5, 0.6) is 17.2 Å². The van der Waals surface area contributed by atoms with Crippen LogP contribution in [0.3, 0.4) is 0 Å². The van der Waals surface area contributed by atoms with Crippen molar-refractivity contribution in [3.05, 3.63) is 59.4 Å². The van der Waals surface area contributed by atoms with Crippen molar-refractivity contribution in [3.8, 4) is 17.2 Å². The molecule has 0 radical (unpaired) electrons. The monoisotopic (exact) mass is 379 g/mol. The molecule has 0 aromatic heterocycles. The lowest BCUT2D eigenvalue weighted by molar-refractivity contribution is 0.101. The summed E-state index contributed by atoms with van der Waals surface area (Å²) in [6.45, 7) is 3.88. The smallest absolute Gasteiger partial charge is 0.231 e. The normalized spacial score (nSPS) is 18.0. The zero-order valence-corrected chi connectivity index (χ0v) is 16.1. The van der Waals surface area contributed by atoms with Gasteiger partial charge in [0, 0.05) is 12.6 Å². The third kappa shape index (κ3) is 4.20. The van der Waals surface area contributed by atoms with Crippen LogP contribution in [-0.2, 0) is 0 Å². The molecular weight excluding hydrogens is 354 g/mol. The van der Waals surface area contributed by atoms with Crippen LogP contribution in [0.25, 0.3) is 6.08 Å². The Labute approximate surface area is 165 Å². The van der Waals surface area contributed by atoms with Gasteiger partial charge in [-0.2, -0.15) is 0 Å². The number of nitrogens with zero attached hydrogens (tertiary/aromatic N) is 1. The van der Waals surface area contributed by atoms with Crippen LogP contribution in [0.4, 0.5) is 0 Å². The number of carbonyl (C=O) groups excluding carboxylic acids is 1. The number of rotatable bonds is 6. The highest BCUT2D eigenvalue weighted by molar-refractivity contribution is 6.14. The van der Waals surface area contributed by atoms with Crippen LogP contribution in [0, 0.1) is 0 Å². The fourth-order valence-corrected chi connectivity index (χ4v) is 3.62. The number of Topliss-reactive ketones (excluding diaryl/α,β-unsaturated/α-hetero) is 1. The van der Waals surface area contributed by atoms with Gasteiger partial charge in [-0.15, -0.1) is 0 Å². The van der Waals surface area contributed by atoms with E-state index in [-0.39, 0.29) is 5.78 Å². The van der Waals surface area contributed by atoms with E-state index in [1.807, 2.05) is 30.3 Å². The van der Waals surface area contributed by atoms with Gasteiger partial charge in [0.25, 0.3) is 0 Å². The van der Waals surface area contributed by atoms with Gasteiger partial charge in [-0.3, -0.25) is 9.69 Å². The van der Waals surface area contributed by atoms with Crippen molar-refractivity contribution in [2.75, 3.05) is 33.4 Å². The molecule has 0 aliphatic carbocycles. The fourth-order valence-electron chi connectivity index (χ4n) is 3.62. The van der Waals surface area contributed by atoms with Crippen molar-refractivity contribution in [2.45, 2.75) is 19.3 Å². The van der Waals surface area contributed by atoms with Crippen molar-refractivity contribution in [3.63, 3.8) is 0 Å². The predicted octanol–water partition coefficient (Wildman–Crippen LogP) is 4.18. The first-order valence-corrected chi connectivity index (χ1v) is 9.80. The van der Waals surface area contributed by atoms with E-state index >= 15 is 0 Å². The lowest BCUT2D eigenvalue weighted by Crippen LogP contribution is -2.33. The maximum atomic E-state index is 12.6. The van der Waals surface area contributed by atoms with Gasteiger partial charge in [-0.05, 0) is 61.8 Å². The number of hydrogen-bond donors (Lipinski definition) is 0. The molecule has 1 fully saturated rings. The van der Waals surface area contributed by atoms with E-state index in [9.17, 15) is 4.79 Å². The van der Waals surface area contributed by atoms with Gasteiger partial charge in [0.2, 0.25) is 5.78 Å². The molecule has 1 saturated heterocycles. The Kier molecular flexibility index (Phi) is 5.63. The van der Waals surface area contributed by atoms with Gasteiger partial charge in [0.1, 0.15) is 23.9 Å². The fraction of sp³-hybridized carbons (Fsp3) is 0.348. The summed E-state index contributed by atoms with van der Waals surface area (Å²) in [5.41, 5.74) is 1.42. The first-order valence-electron chi connectivity index (χ1n) is 9.80. The number of methoxy groups -OCH3 is 1. The molecule has 0 atom stereocenters. The molecule has 28 heavy (non-hydrogen) atoms. The van der Waals surface area contributed by atoms with Crippen molar-refractivity contribution >= 4 is 11.9 Å². The highest BCUT2D eigenvalue weighted by atomic mass is 16.5. The topological polar surface area (TPSA) is 48.0 Å². The highest BCUT2D eigenvalue weighted by Crippen LogP contribution is 2.35. The Morgan fingerprint density at radius 3 is 2.75 bits per heavy atom. The molecule has 0 saturated carbocycles. The summed E-state index contributed by atoms with van der Waals surface area (Å²) in [5, 5.41) is 0. The van der Waals surface area contributed by atoms with Crippen LogP contribution in [0.2, 0.25) is 0 Å². The minimum absolute atomic E-state index is 0.113. The highest BCUT2D eigenvalue weighted by Gasteiger charge is 2.27. The number of allylic oxidation sites excluding steroid dienone is 1. The Hall–Kier alpha value is -2.79. The van der Waals surface area contributed by atoms with Crippen molar-refractivity contribution in [2.24, 2.45) is 0 Å². The lowest BCUT2D eigenvalue weighted by atomic mass is 10.1. The first-order chi connectivity index (χ1) is 13.7. The average Bonchev–Trinajstić information content (AvgIpc) is 3.04. The Bertz CT molecular complexity index is 884. The molecule has 0 amide bonds. The zero-order valence-electron chi connectivity index (χ0n) is 16.1. The summed E-state index contributed by atoms with van der Waals surface area (Å²) in [4.78, 5) is 15.1. The van der Waals surface area contributed by atoms with Crippen LogP contribution in [0.1, 0.15) is 35.2 Å². The van der Waals surface area contributed by atoms with E-state index in [0.29, 0.717) is 23.7 Å². The molecule has 0 spiro atoms. The summed E-state index contributed by atoms with van der Waals surface area (Å²) in [6.07, 6.45) is 5.62. The summed E-state index contributed by atoms with van der Waals surface area (Å²) >= 11 is 0. The molecule has 146 valence electrons. The molecule has 2 heterocycles. The molecule has 2 aromatic carbocycles. The van der Waals surface area contributed by atoms with E-state index in [1.165, 1.54) is 19.3 Å². The minimum atomic E-state index is -0.113. The number of fused-ring (bicyclic) bond motifs is 1. The first kappa shape index (κ1) is 18.6. The predicted molar refractivity (Wildman–Crippen MR) is 108 cm³/mol. The number of likely N-dealkylation sites (tertiary alicyclic amines) is 1. The van der Waals surface area contributed by atoms with E-state index in [4.69, 9.17) is 14.2 Å². The lowest BCUT2D eigenvalue weighted by Gasteiger charge is -2.26. The number of ketones is 1.